The van der Waals surface area contributed by atoms with Gasteiger partial charge in [0.05, 0.1) is 23.3 Å². The Morgan fingerprint density at radius 1 is 1.40 bits per heavy atom. The van der Waals surface area contributed by atoms with E-state index in [0.29, 0.717) is 12.3 Å². The molecule has 3 unspecified atom stereocenters. The lowest BCUT2D eigenvalue weighted by Gasteiger charge is -2.36. The summed E-state index contributed by atoms with van der Waals surface area (Å²) in [4.78, 5) is 6.62. The molecular formula is C15H24N2O2S. The molecule has 4 nitrogen and oxygen atoms in total. The lowest BCUT2D eigenvalue weighted by Crippen LogP contribution is -2.48. The van der Waals surface area contributed by atoms with Crippen LogP contribution in [0.2, 0.25) is 0 Å². The van der Waals surface area contributed by atoms with E-state index in [4.69, 9.17) is 4.74 Å². The summed E-state index contributed by atoms with van der Waals surface area (Å²) in [5, 5.41) is 11.1. The number of hydrogen-bond donors (Lipinski definition) is 1. The van der Waals surface area contributed by atoms with Crippen LogP contribution in [0.3, 0.4) is 0 Å². The fourth-order valence-corrected chi connectivity index (χ4v) is 3.27. The van der Waals surface area contributed by atoms with Gasteiger partial charge in [0.2, 0.25) is 0 Å². The van der Waals surface area contributed by atoms with Gasteiger partial charge in [-0.3, -0.25) is 4.90 Å². The number of β-amino-alcohol motifs (C(OH)–C–C–N with tert-alkyl or cyclic N) is 1. The van der Waals surface area contributed by atoms with E-state index in [9.17, 15) is 5.11 Å². The first-order chi connectivity index (χ1) is 9.52. The van der Waals surface area contributed by atoms with Crippen LogP contribution < -0.4 is 0 Å². The number of hydrogen-bond acceptors (Lipinski definition) is 5. The van der Waals surface area contributed by atoms with Crippen LogP contribution in [0.15, 0.2) is 23.4 Å². The van der Waals surface area contributed by atoms with Crippen molar-refractivity contribution in [2.45, 2.75) is 44.1 Å². The van der Waals surface area contributed by atoms with Crippen LogP contribution in [0, 0.1) is 6.92 Å². The summed E-state index contributed by atoms with van der Waals surface area (Å²) in [7, 11) is 0. The van der Waals surface area contributed by atoms with E-state index in [0.717, 1.165) is 23.7 Å². The maximum atomic E-state index is 10.2. The van der Waals surface area contributed by atoms with Gasteiger partial charge < -0.3 is 9.84 Å². The van der Waals surface area contributed by atoms with Crippen molar-refractivity contribution in [2.75, 3.05) is 25.4 Å². The molecule has 0 saturated carbocycles. The number of thioether (sulfide) groups is 1. The Hall–Kier alpha value is -0.620. The second kappa shape index (κ2) is 7.41. The van der Waals surface area contributed by atoms with E-state index >= 15 is 0 Å². The highest BCUT2D eigenvalue weighted by atomic mass is 32.2. The first-order valence-electron chi connectivity index (χ1n) is 7.14. The normalized spacial score (nSPS) is 25.6. The van der Waals surface area contributed by atoms with E-state index < -0.39 is 0 Å². The Morgan fingerprint density at radius 3 is 2.70 bits per heavy atom. The van der Waals surface area contributed by atoms with Gasteiger partial charge in [-0.2, -0.15) is 0 Å². The lowest BCUT2D eigenvalue weighted by molar-refractivity contribution is -0.0750. The van der Waals surface area contributed by atoms with Crippen molar-refractivity contribution in [3.63, 3.8) is 0 Å². The number of ether oxygens (including phenoxy) is 1. The van der Waals surface area contributed by atoms with Crippen molar-refractivity contribution in [1.29, 1.82) is 0 Å². The van der Waals surface area contributed by atoms with Gasteiger partial charge in [-0.15, -0.1) is 11.8 Å². The van der Waals surface area contributed by atoms with Gasteiger partial charge in [-0.1, -0.05) is 6.07 Å². The molecule has 0 spiro atoms. The lowest BCUT2D eigenvalue weighted by atomic mass is 10.2. The van der Waals surface area contributed by atoms with Gasteiger partial charge in [0.25, 0.3) is 0 Å². The first kappa shape index (κ1) is 15.8. The van der Waals surface area contributed by atoms with E-state index in [1.165, 1.54) is 0 Å². The van der Waals surface area contributed by atoms with Crippen molar-refractivity contribution in [3.05, 3.63) is 23.9 Å². The molecule has 1 aliphatic heterocycles. The van der Waals surface area contributed by atoms with E-state index in [2.05, 4.69) is 23.7 Å². The molecule has 5 heteroatoms. The Bertz CT molecular complexity index is 403. The molecule has 1 saturated heterocycles. The van der Waals surface area contributed by atoms with E-state index in [-0.39, 0.29) is 18.3 Å². The van der Waals surface area contributed by atoms with Crippen molar-refractivity contribution in [2.24, 2.45) is 0 Å². The molecule has 1 fully saturated rings. The third kappa shape index (κ3) is 5.05. The minimum atomic E-state index is -0.333. The fraction of sp³-hybridized carbons (Fsp3) is 0.667. The highest BCUT2D eigenvalue weighted by Gasteiger charge is 2.23. The zero-order valence-corrected chi connectivity index (χ0v) is 13.3. The summed E-state index contributed by atoms with van der Waals surface area (Å²) in [6, 6.07) is 4.05. The molecule has 20 heavy (non-hydrogen) atoms. The minimum Gasteiger partial charge on any atom is -0.391 e. The standard InChI is InChI=1S/C15H24N2O2S/c1-11-4-5-15(16-6-11)20-10-14(18)9-17-7-12(2)19-13(3)8-17/h4-6,12-14,18H,7-10H2,1-3H3. The predicted molar refractivity (Wildman–Crippen MR) is 82.2 cm³/mol. The van der Waals surface area contributed by atoms with E-state index in [1.54, 1.807) is 11.8 Å². The van der Waals surface area contributed by atoms with Crippen LogP contribution in [0.1, 0.15) is 19.4 Å². The molecule has 0 aromatic carbocycles. The molecule has 1 aromatic heterocycles. The highest BCUT2D eigenvalue weighted by molar-refractivity contribution is 7.99. The molecule has 112 valence electrons. The van der Waals surface area contributed by atoms with Crippen molar-refractivity contribution in [3.8, 4) is 0 Å². The molecule has 0 bridgehead atoms. The topological polar surface area (TPSA) is 45.6 Å². The molecule has 0 aliphatic carbocycles. The third-order valence-electron chi connectivity index (χ3n) is 3.27. The van der Waals surface area contributed by atoms with Crippen LogP contribution in [-0.4, -0.2) is 58.7 Å². The van der Waals surface area contributed by atoms with Gasteiger partial charge in [-0.25, -0.2) is 4.98 Å². The summed E-state index contributed by atoms with van der Waals surface area (Å²) in [6.45, 7) is 8.69. The number of pyridine rings is 1. The molecule has 1 aliphatic rings. The van der Waals surface area contributed by atoms with Gasteiger partial charge in [-0.05, 0) is 32.4 Å². The van der Waals surface area contributed by atoms with Gasteiger partial charge in [0.1, 0.15) is 0 Å². The first-order valence-corrected chi connectivity index (χ1v) is 8.13. The van der Waals surface area contributed by atoms with Crippen molar-refractivity contribution in [1.82, 2.24) is 9.88 Å². The second-order valence-corrected chi connectivity index (χ2v) is 6.65. The average molecular weight is 296 g/mol. The van der Waals surface area contributed by atoms with Crippen LogP contribution >= 0.6 is 11.8 Å². The number of rotatable bonds is 5. The maximum absolute atomic E-state index is 10.2. The van der Waals surface area contributed by atoms with Gasteiger partial charge >= 0.3 is 0 Å². The molecule has 0 radical (unpaired) electrons. The number of morpholine rings is 1. The molecule has 1 N–H and O–H groups in total. The summed E-state index contributed by atoms with van der Waals surface area (Å²) >= 11 is 1.61. The Morgan fingerprint density at radius 2 is 2.10 bits per heavy atom. The number of aromatic nitrogens is 1. The van der Waals surface area contributed by atoms with E-state index in [1.807, 2.05) is 25.3 Å². The fourth-order valence-electron chi connectivity index (χ4n) is 2.51. The zero-order valence-electron chi connectivity index (χ0n) is 12.5. The van der Waals surface area contributed by atoms with Crippen LogP contribution in [-0.2, 0) is 4.74 Å². The predicted octanol–water partition coefficient (Wildman–Crippen LogP) is 1.95. The van der Waals surface area contributed by atoms with Gasteiger partial charge in [0, 0.05) is 31.6 Å². The maximum Gasteiger partial charge on any atom is 0.0960 e. The summed E-state index contributed by atoms with van der Waals surface area (Å²) in [5.41, 5.74) is 1.16. The Balaban J connectivity index is 1.74. The van der Waals surface area contributed by atoms with Crippen LogP contribution in [0.5, 0.6) is 0 Å². The Labute approximate surface area is 125 Å². The molecular weight excluding hydrogens is 272 g/mol. The summed E-state index contributed by atoms with van der Waals surface area (Å²) in [5.74, 6) is 0.677. The van der Waals surface area contributed by atoms with Gasteiger partial charge in [0.15, 0.2) is 0 Å². The Kier molecular flexibility index (Phi) is 5.84. The molecule has 3 atom stereocenters. The summed E-state index contributed by atoms with van der Waals surface area (Å²) < 4.78 is 5.70. The molecule has 2 rings (SSSR count). The van der Waals surface area contributed by atoms with Crippen LogP contribution in [0.25, 0.3) is 0 Å². The molecule has 2 heterocycles. The largest absolute Gasteiger partial charge is 0.391 e. The molecule has 0 amide bonds. The number of nitrogens with zero attached hydrogens (tertiary/aromatic N) is 2. The van der Waals surface area contributed by atoms with Crippen molar-refractivity contribution < 1.29 is 9.84 Å². The number of aryl methyl sites for hydroxylation is 1. The smallest absolute Gasteiger partial charge is 0.0960 e. The van der Waals surface area contributed by atoms with Crippen LogP contribution in [0.4, 0.5) is 0 Å². The third-order valence-corrected chi connectivity index (χ3v) is 4.36. The highest BCUT2D eigenvalue weighted by Crippen LogP contribution is 2.17. The quantitative estimate of drug-likeness (QED) is 0.842. The SMILES string of the molecule is Cc1ccc(SCC(O)CN2CC(C)OC(C)C2)nc1. The number of aliphatic hydroxyl groups is 1. The average Bonchev–Trinajstić information content (AvgIpc) is 2.37. The monoisotopic (exact) mass is 296 g/mol. The minimum absolute atomic E-state index is 0.248. The zero-order chi connectivity index (χ0) is 14.5. The number of aliphatic hydroxyl groups excluding tert-OH is 1. The van der Waals surface area contributed by atoms with Crippen molar-refractivity contribution >= 4 is 11.8 Å². The second-order valence-electron chi connectivity index (χ2n) is 5.61. The summed E-state index contributed by atoms with van der Waals surface area (Å²) in [6.07, 6.45) is 2.02. The molecule has 1 aromatic rings.